The lowest BCUT2D eigenvalue weighted by Gasteiger charge is -2.16. The Kier molecular flexibility index (Phi) is 4.69. The lowest BCUT2D eigenvalue weighted by Crippen LogP contribution is -2.18. The highest BCUT2D eigenvalue weighted by molar-refractivity contribution is 6.05. The first-order valence-electron chi connectivity index (χ1n) is 8.51. The van der Waals surface area contributed by atoms with Gasteiger partial charge in [0.1, 0.15) is 11.6 Å². The molecule has 0 bridgehead atoms. The molecule has 5 nitrogen and oxygen atoms in total. The number of pyridine rings is 1. The van der Waals surface area contributed by atoms with Gasteiger partial charge in [-0.3, -0.25) is 14.3 Å². The monoisotopic (exact) mass is 418 g/mol. The van der Waals surface area contributed by atoms with Gasteiger partial charge in [-0.25, -0.2) is 13.8 Å². The average Bonchev–Trinajstić information content (AvgIpc) is 3.10. The van der Waals surface area contributed by atoms with Gasteiger partial charge in [-0.15, -0.1) is 0 Å². The third-order valence-corrected chi connectivity index (χ3v) is 4.27. The zero-order valence-electron chi connectivity index (χ0n) is 14.9. The van der Waals surface area contributed by atoms with Crippen LogP contribution in [0.5, 0.6) is 0 Å². The van der Waals surface area contributed by atoms with Gasteiger partial charge >= 0.3 is 6.18 Å². The van der Waals surface area contributed by atoms with Crippen molar-refractivity contribution in [1.29, 1.82) is 0 Å². The van der Waals surface area contributed by atoms with E-state index < -0.39 is 35.1 Å². The molecule has 0 fully saturated rings. The van der Waals surface area contributed by atoms with Crippen LogP contribution in [0.2, 0.25) is 0 Å². The minimum absolute atomic E-state index is 0.0869. The van der Waals surface area contributed by atoms with Crippen molar-refractivity contribution in [2.45, 2.75) is 6.18 Å². The van der Waals surface area contributed by atoms with Crippen LogP contribution in [-0.2, 0) is 6.18 Å². The van der Waals surface area contributed by atoms with Gasteiger partial charge in [0.05, 0.1) is 34.2 Å². The summed E-state index contributed by atoms with van der Waals surface area (Å²) in [4.78, 5) is 19.9. The summed E-state index contributed by atoms with van der Waals surface area (Å²) in [7, 11) is 0. The summed E-state index contributed by atoms with van der Waals surface area (Å²) >= 11 is 0. The van der Waals surface area contributed by atoms with Gasteiger partial charge in [0, 0.05) is 6.20 Å². The number of para-hydroxylation sites is 2. The number of halogens is 5. The molecule has 0 atom stereocenters. The van der Waals surface area contributed by atoms with Crippen LogP contribution >= 0.6 is 0 Å². The molecule has 4 rings (SSSR count). The van der Waals surface area contributed by atoms with Crippen LogP contribution < -0.4 is 5.32 Å². The number of anilines is 1. The molecule has 0 saturated heterocycles. The SMILES string of the molecule is O=C(Nc1cnccc1-n1c(C(F)(F)F)nc2ccccc21)c1cc(F)ccc1F. The van der Waals surface area contributed by atoms with Crippen molar-refractivity contribution in [3.8, 4) is 5.69 Å². The van der Waals surface area contributed by atoms with Crippen molar-refractivity contribution in [3.63, 3.8) is 0 Å². The second-order valence-corrected chi connectivity index (χ2v) is 6.23. The molecule has 152 valence electrons. The summed E-state index contributed by atoms with van der Waals surface area (Å²) in [5.74, 6) is -4.07. The molecular weight excluding hydrogens is 407 g/mol. The third-order valence-electron chi connectivity index (χ3n) is 4.27. The Morgan fingerprint density at radius 3 is 2.57 bits per heavy atom. The predicted molar refractivity (Wildman–Crippen MR) is 98.2 cm³/mol. The van der Waals surface area contributed by atoms with Crippen LogP contribution in [0.25, 0.3) is 16.7 Å². The second kappa shape index (κ2) is 7.21. The van der Waals surface area contributed by atoms with E-state index in [0.717, 1.165) is 22.9 Å². The second-order valence-electron chi connectivity index (χ2n) is 6.23. The van der Waals surface area contributed by atoms with E-state index in [1.807, 2.05) is 0 Å². The maximum absolute atomic E-state index is 13.9. The molecule has 0 saturated carbocycles. The number of carbonyl (C=O) groups is 1. The van der Waals surface area contributed by atoms with Crippen molar-refractivity contribution in [2.75, 3.05) is 5.32 Å². The number of carbonyl (C=O) groups excluding carboxylic acids is 1. The Hall–Kier alpha value is -3.82. The molecule has 1 N–H and O–H groups in total. The van der Waals surface area contributed by atoms with E-state index in [4.69, 9.17) is 0 Å². The molecule has 2 aromatic heterocycles. The first-order valence-corrected chi connectivity index (χ1v) is 8.51. The lowest BCUT2D eigenvalue weighted by molar-refractivity contribution is -0.145. The zero-order chi connectivity index (χ0) is 21.5. The molecular formula is C20H11F5N4O. The highest BCUT2D eigenvalue weighted by atomic mass is 19.4. The van der Waals surface area contributed by atoms with E-state index >= 15 is 0 Å². The number of fused-ring (bicyclic) bond motifs is 1. The van der Waals surface area contributed by atoms with Crippen LogP contribution in [0.3, 0.4) is 0 Å². The molecule has 0 radical (unpaired) electrons. The van der Waals surface area contributed by atoms with Gasteiger partial charge in [-0.05, 0) is 36.4 Å². The minimum Gasteiger partial charge on any atom is -0.319 e. The molecule has 30 heavy (non-hydrogen) atoms. The van der Waals surface area contributed by atoms with Gasteiger partial charge in [-0.2, -0.15) is 13.2 Å². The number of hydrogen-bond donors (Lipinski definition) is 1. The number of hydrogen-bond acceptors (Lipinski definition) is 3. The third kappa shape index (κ3) is 3.47. The predicted octanol–water partition coefficient (Wildman–Crippen LogP) is 4.97. The minimum atomic E-state index is -4.79. The highest BCUT2D eigenvalue weighted by Crippen LogP contribution is 2.35. The van der Waals surface area contributed by atoms with Crippen molar-refractivity contribution in [3.05, 3.63) is 83.9 Å². The quantitative estimate of drug-likeness (QED) is 0.478. The Morgan fingerprint density at radius 1 is 1.03 bits per heavy atom. The maximum Gasteiger partial charge on any atom is 0.450 e. The number of amides is 1. The molecule has 2 aromatic carbocycles. The van der Waals surface area contributed by atoms with Crippen LogP contribution in [0.15, 0.2) is 60.9 Å². The van der Waals surface area contributed by atoms with Gasteiger partial charge < -0.3 is 5.32 Å². The Bertz CT molecular complexity index is 1270. The van der Waals surface area contributed by atoms with Gasteiger partial charge in [0.25, 0.3) is 5.91 Å². The summed E-state index contributed by atoms with van der Waals surface area (Å²) in [6.07, 6.45) is -2.44. The molecule has 0 aliphatic rings. The fraction of sp³-hybridized carbons (Fsp3) is 0.0500. The molecule has 1 amide bonds. The first-order chi connectivity index (χ1) is 14.3. The van der Waals surface area contributed by atoms with Crippen molar-refractivity contribution in [1.82, 2.24) is 14.5 Å². The number of aromatic nitrogens is 3. The normalized spacial score (nSPS) is 11.6. The molecule has 2 heterocycles. The molecule has 0 spiro atoms. The number of rotatable bonds is 3. The number of alkyl halides is 3. The van der Waals surface area contributed by atoms with E-state index in [1.165, 1.54) is 24.4 Å². The van der Waals surface area contributed by atoms with Crippen molar-refractivity contribution in [2.24, 2.45) is 0 Å². The number of imidazole rings is 1. The van der Waals surface area contributed by atoms with Crippen molar-refractivity contribution >= 4 is 22.6 Å². The summed E-state index contributed by atoms with van der Waals surface area (Å²) in [5.41, 5.74) is -0.592. The first kappa shape index (κ1) is 19.5. The summed E-state index contributed by atoms with van der Waals surface area (Å²) in [5, 5.41) is 2.30. The lowest BCUT2D eigenvalue weighted by atomic mass is 10.2. The van der Waals surface area contributed by atoms with Gasteiger partial charge in [0.15, 0.2) is 0 Å². The molecule has 0 aliphatic heterocycles. The van der Waals surface area contributed by atoms with Crippen LogP contribution in [0, 0.1) is 11.6 Å². The topological polar surface area (TPSA) is 59.8 Å². The fourth-order valence-corrected chi connectivity index (χ4v) is 3.00. The Morgan fingerprint density at radius 2 is 1.80 bits per heavy atom. The van der Waals surface area contributed by atoms with Crippen LogP contribution in [0.1, 0.15) is 16.2 Å². The standard InChI is InChI=1S/C20H11F5N4O/c21-11-5-6-13(22)12(9-11)18(30)27-15-10-26-8-7-17(15)29-16-4-2-1-3-14(16)28-19(29)20(23,24)25/h1-10H,(H,27,30). The Balaban J connectivity index is 1.86. The van der Waals surface area contributed by atoms with E-state index in [1.54, 1.807) is 12.1 Å². The van der Waals surface area contributed by atoms with Crippen LogP contribution in [0.4, 0.5) is 27.6 Å². The van der Waals surface area contributed by atoms with E-state index in [0.29, 0.717) is 6.07 Å². The van der Waals surface area contributed by atoms with E-state index in [-0.39, 0.29) is 22.4 Å². The summed E-state index contributed by atoms with van der Waals surface area (Å²) in [6.45, 7) is 0. The van der Waals surface area contributed by atoms with Crippen molar-refractivity contribution < 1.29 is 26.7 Å². The smallest absolute Gasteiger partial charge is 0.319 e. The van der Waals surface area contributed by atoms with E-state index in [2.05, 4.69) is 15.3 Å². The molecule has 0 unspecified atom stereocenters. The van der Waals surface area contributed by atoms with Gasteiger partial charge in [-0.1, -0.05) is 12.1 Å². The molecule has 0 aliphatic carbocycles. The molecule has 4 aromatic rings. The van der Waals surface area contributed by atoms with Gasteiger partial charge in [0.2, 0.25) is 5.82 Å². The van der Waals surface area contributed by atoms with E-state index in [9.17, 15) is 26.7 Å². The zero-order valence-corrected chi connectivity index (χ0v) is 14.9. The summed E-state index contributed by atoms with van der Waals surface area (Å²) in [6, 6.07) is 9.51. The summed E-state index contributed by atoms with van der Waals surface area (Å²) < 4.78 is 69.1. The number of nitrogens with one attached hydrogen (secondary N) is 1. The highest BCUT2D eigenvalue weighted by Gasteiger charge is 2.38. The Labute approximate surface area is 165 Å². The average molecular weight is 418 g/mol. The largest absolute Gasteiger partial charge is 0.450 e. The maximum atomic E-state index is 13.9. The fourth-order valence-electron chi connectivity index (χ4n) is 3.00. The molecule has 10 heteroatoms. The number of nitrogens with zero attached hydrogens (tertiary/aromatic N) is 3. The number of benzene rings is 2. The van der Waals surface area contributed by atoms with Crippen LogP contribution in [-0.4, -0.2) is 20.4 Å².